The summed E-state index contributed by atoms with van der Waals surface area (Å²) < 4.78 is 0. The Bertz CT molecular complexity index is 339. The van der Waals surface area contributed by atoms with E-state index in [0.29, 0.717) is 5.92 Å². The van der Waals surface area contributed by atoms with Crippen molar-refractivity contribution >= 4 is 17.7 Å². The molecule has 0 saturated heterocycles. The molecular weight excluding hydrogens is 210 g/mol. The number of thioether (sulfide) groups is 1. The number of carbonyl (C=O) groups is 1. The van der Waals surface area contributed by atoms with Gasteiger partial charge < -0.3 is 5.11 Å². The molecule has 0 spiro atoms. The topological polar surface area (TPSA) is 50.2 Å². The molecule has 82 valence electrons. The molecule has 0 saturated carbocycles. The van der Waals surface area contributed by atoms with Gasteiger partial charge in [-0.05, 0) is 30.2 Å². The molecule has 0 aliphatic heterocycles. The number of aromatic nitrogens is 1. The van der Waals surface area contributed by atoms with Crippen LogP contribution in [0.4, 0.5) is 0 Å². The summed E-state index contributed by atoms with van der Waals surface area (Å²) in [5.41, 5.74) is 0.159. The fourth-order valence-corrected chi connectivity index (χ4v) is 2.33. The lowest BCUT2D eigenvalue weighted by molar-refractivity contribution is 0.0686. The first-order valence-corrected chi connectivity index (χ1v) is 5.91. The molecule has 0 bridgehead atoms. The molecule has 0 aliphatic carbocycles. The zero-order chi connectivity index (χ0) is 11.3. The minimum Gasteiger partial charge on any atom is -0.476 e. The second kappa shape index (κ2) is 5.75. The summed E-state index contributed by atoms with van der Waals surface area (Å²) in [5, 5.41) is 8.90. The quantitative estimate of drug-likeness (QED) is 0.783. The summed E-state index contributed by atoms with van der Waals surface area (Å²) in [5.74, 6) is 0.619. The summed E-state index contributed by atoms with van der Waals surface area (Å²) in [7, 11) is 0. The van der Waals surface area contributed by atoms with E-state index in [-0.39, 0.29) is 5.69 Å². The lowest BCUT2D eigenvalue weighted by Gasteiger charge is -2.06. The van der Waals surface area contributed by atoms with Gasteiger partial charge in [0.2, 0.25) is 0 Å². The summed E-state index contributed by atoms with van der Waals surface area (Å²) in [6, 6.07) is 3.57. The SMILES string of the molecule is CC(C)CCSc1cccnc1C(=O)O. The number of carboxylic acids is 1. The third-order valence-corrected chi connectivity index (χ3v) is 3.01. The summed E-state index contributed by atoms with van der Waals surface area (Å²) >= 11 is 1.56. The van der Waals surface area contributed by atoms with Crippen molar-refractivity contribution in [3.63, 3.8) is 0 Å². The van der Waals surface area contributed by atoms with Crippen LogP contribution in [-0.2, 0) is 0 Å². The minimum atomic E-state index is -0.956. The zero-order valence-electron chi connectivity index (χ0n) is 8.93. The van der Waals surface area contributed by atoms with Crippen LogP contribution < -0.4 is 0 Å². The first-order valence-electron chi connectivity index (χ1n) is 4.92. The van der Waals surface area contributed by atoms with Gasteiger partial charge >= 0.3 is 5.97 Å². The van der Waals surface area contributed by atoms with Gasteiger partial charge in [0.15, 0.2) is 5.69 Å². The minimum absolute atomic E-state index is 0.159. The molecule has 15 heavy (non-hydrogen) atoms. The number of aromatic carboxylic acids is 1. The number of nitrogens with zero attached hydrogens (tertiary/aromatic N) is 1. The van der Waals surface area contributed by atoms with Gasteiger partial charge in [0.1, 0.15) is 0 Å². The number of pyridine rings is 1. The van der Waals surface area contributed by atoms with Gasteiger partial charge in [0, 0.05) is 11.1 Å². The molecule has 0 fully saturated rings. The van der Waals surface area contributed by atoms with Gasteiger partial charge in [0.05, 0.1) is 0 Å². The first kappa shape index (κ1) is 12.0. The van der Waals surface area contributed by atoms with E-state index < -0.39 is 5.97 Å². The maximum Gasteiger partial charge on any atom is 0.355 e. The fraction of sp³-hybridized carbons (Fsp3) is 0.455. The van der Waals surface area contributed by atoms with Crippen LogP contribution in [-0.4, -0.2) is 21.8 Å². The molecule has 0 amide bonds. The lowest BCUT2D eigenvalue weighted by Crippen LogP contribution is -2.02. The Labute approximate surface area is 93.9 Å². The third kappa shape index (κ3) is 3.91. The van der Waals surface area contributed by atoms with E-state index in [4.69, 9.17) is 5.11 Å². The standard InChI is InChI=1S/C11H15NO2S/c1-8(2)5-7-15-9-4-3-6-12-10(9)11(13)14/h3-4,6,8H,5,7H2,1-2H3,(H,13,14). The molecule has 3 nitrogen and oxygen atoms in total. The molecule has 1 aromatic heterocycles. The predicted octanol–water partition coefficient (Wildman–Crippen LogP) is 2.92. The average Bonchev–Trinajstić information content (AvgIpc) is 2.17. The number of rotatable bonds is 5. The van der Waals surface area contributed by atoms with Gasteiger partial charge in [-0.2, -0.15) is 0 Å². The van der Waals surface area contributed by atoms with Crippen LogP contribution in [0.1, 0.15) is 30.8 Å². The van der Waals surface area contributed by atoms with E-state index in [0.717, 1.165) is 17.1 Å². The Kier molecular flexibility index (Phi) is 4.62. The van der Waals surface area contributed by atoms with Crippen molar-refractivity contribution in [2.45, 2.75) is 25.2 Å². The monoisotopic (exact) mass is 225 g/mol. The molecular formula is C11H15NO2S. The Morgan fingerprint density at radius 1 is 1.60 bits per heavy atom. The molecule has 0 radical (unpaired) electrons. The van der Waals surface area contributed by atoms with Gasteiger partial charge in [-0.15, -0.1) is 11.8 Å². The maximum absolute atomic E-state index is 10.8. The van der Waals surface area contributed by atoms with E-state index in [1.807, 2.05) is 0 Å². The van der Waals surface area contributed by atoms with E-state index in [2.05, 4.69) is 18.8 Å². The van der Waals surface area contributed by atoms with Crippen molar-refractivity contribution in [1.82, 2.24) is 4.98 Å². The average molecular weight is 225 g/mol. The van der Waals surface area contributed by atoms with E-state index in [1.54, 1.807) is 23.9 Å². The molecule has 0 atom stereocenters. The Morgan fingerprint density at radius 2 is 2.33 bits per heavy atom. The van der Waals surface area contributed by atoms with E-state index in [9.17, 15) is 4.79 Å². The normalized spacial score (nSPS) is 10.6. The maximum atomic E-state index is 10.8. The van der Waals surface area contributed by atoms with Crippen molar-refractivity contribution in [3.05, 3.63) is 24.0 Å². The van der Waals surface area contributed by atoms with Crippen molar-refractivity contribution in [3.8, 4) is 0 Å². The molecule has 0 aromatic carbocycles. The first-order chi connectivity index (χ1) is 7.11. The second-order valence-corrected chi connectivity index (χ2v) is 4.82. The van der Waals surface area contributed by atoms with Crippen LogP contribution in [0.5, 0.6) is 0 Å². The Morgan fingerprint density at radius 3 is 2.93 bits per heavy atom. The molecule has 0 aliphatic rings. The lowest BCUT2D eigenvalue weighted by atomic mass is 10.2. The largest absolute Gasteiger partial charge is 0.476 e. The highest BCUT2D eigenvalue weighted by atomic mass is 32.2. The van der Waals surface area contributed by atoms with Crippen molar-refractivity contribution in [1.29, 1.82) is 0 Å². The Hall–Kier alpha value is -1.03. The van der Waals surface area contributed by atoms with Crippen molar-refractivity contribution in [2.75, 3.05) is 5.75 Å². The molecule has 1 aromatic rings. The Balaban J connectivity index is 2.63. The van der Waals surface area contributed by atoms with Crippen LogP contribution in [0.2, 0.25) is 0 Å². The summed E-state index contributed by atoms with van der Waals surface area (Å²) in [6.07, 6.45) is 2.59. The highest BCUT2D eigenvalue weighted by molar-refractivity contribution is 7.99. The number of carboxylic acid groups (broad SMARTS) is 1. The van der Waals surface area contributed by atoms with Crippen LogP contribution in [0.3, 0.4) is 0 Å². The van der Waals surface area contributed by atoms with Gasteiger partial charge in [0.25, 0.3) is 0 Å². The molecule has 1 N–H and O–H groups in total. The van der Waals surface area contributed by atoms with Crippen LogP contribution in [0.15, 0.2) is 23.2 Å². The van der Waals surface area contributed by atoms with Gasteiger partial charge in [-0.3, -0.25) is 0 Å². The summed E-state index contributed by atoms with van der Waals surface area (Å²) in [6.45, 7) is 4.31. The second-order valence-electron chi connectivity index (χ2n) is 3.69. The predicted molar refractivity (Wildman–Crippen MR) is 61.4 cm³/mol. The molecule has 0 unspecified atom stereocenters. The smallest absolute Gasteiger partial charge is 0.355 e. The number of hydrogen-bond acceptors (Lipinski definition) is 3. The van der Waals surface area contributed by atoms with E-state index in [1.165, 1.54) is 6.20 Å². The third-order valence-electron chi connectivity index (χ3n) is 1.93. The molecule has 4 heteroatoms. The van der Waals surface area contributed by atoms with Crippen molar-refractivity contribution < 1.29 is 9.90 Å². The molecule has 1 heterocycles. The highest BCUT2D eigenvalue weighted by Crippen LogP contribution is 2.22. The number of hydrogen-bond donors (Lipinski definition) is 1. The van der Waals surface area contributed by atoms with Gasteiger partial charge in [-0.1, -0.05) is 13.8 Å². The van der Waals surface area contributed by atoms with Crippen LogP contribution >= 0.6 is 11.8 Å². The zero-order valence-corrected chi connectivity index (χ0v) is 9.75. The summed E-state index contributed by atoms with van der Waals surface area (Å²) in [4.78, 5) is 15.5. The van der Waals surface area contributed by atoms with E-state index >= 15 is 0 Å². The van der Waals surface area contributed by atoms with Crippen molar-refractivity contribution in [2.24, 2.45) is 5.92 Å². The van der Waals surface area contributed by atoms with Gasteiger partial charge in [-0.25, -0.2) is 9.78 Å². The van der Waals surface area contributed by atoms with Crippen LogP contribution in [0, 0.1) is 5.92 Å². The fourth-order valence-electron chi connectivity index (χ4n) is 1.07. The highest BCUT2D eigenvalue weighted by Gasteiger charge is 2.10. The van der Waals surface area contributed by atoms with Crippen LogP contribution in [0.25, 0.3) is 0 Å². The molecule has 1 rings (SSSR count).